The summed E-state index contributed by atoms with van der Waals surface area (Å²) < 4.78 is 14.2. The largest absolute Gasteiger partial charge is 0.351 e. The standard InChI is InChI=1S/C25H22FN5O3/c26-20-9-5-4-8-18(20)19-14-27-23-22(19)28-25(34)31(24(23)33)16-21(32)30-12-10-29(11-13-30)15-17-6-2-1-3-7-17/h1-9,14H,10-13,15-16H2. The first-order valence-electron chi connectivity index (χ1n) is 11.0. The minimum absolute atomic E-state index is 0.0401. The Hall–Kier alpha value is -3.98. The molecule has 0 N–H and O–H groups in total. The molecule has 172 valence electrons. The molecule has 1 saturated heterocycles. The van der Waals surface area contributed by atoms with Crippen molar-refractivity contribution in [3.63, 3.8) is 0 Å². The lowest BCUT2D eigenvalue weighted by Gasteiger charge is -2.35. The van der Waals surface area contributed by atoms with Crippen molar-refractivity contribution in [2.75, 3.05) is 32.7 Å². The molecule has 0 spiro atoms. The van der Waals surface area contributed by atoms with E-state index in [1.807, 2.05) is 18.2 Å². The zero-order chi connectivity index (χ0) is 23.7. The molecule has 0 radical (unpaired) electrons. The Morgan fingerprint density at radius 3 is 2.35 bits per heavy atom. The summed E-state index contributed by atoms with van der Waals surface area (Å²) in [6, 6.07) is 15.3. The van der Waals surface area contributed by atoms with Gasteiger partial charge in [0.2, 0.25) is 5.91 Å². The minimum Gasteiger partial charge on any atom is -0.339 e. The number of imide groups is 1. The molecule has 3 heterocycles. The molecular weight excluding hydrogens is 437 g/mol. The number of aliphatic imine (C=N–C) groups is 2. The van der Waals surface area contributed by atoms with Crippen LogP contribution in [-0.4, -0.2) is 76.7 Å². The zero-order valence-corrected chi connectivity index (χ0v) is 18.4. The van der Waals surface area contributed by atoms with Crippen molar-refractivity contribution in [1.82, 2.24) is 14.7 Å². The molecule has 2 aromatic carbocycles. The molecule has 0 bridgehead atoms. The lowest BCUT2D eigenvalue weighted by atomic mass is 9.99. The Morgan fingerprint density at radius 2 is 1.62 bits per heavy atom. The van der Waals surface area contributed by atoms with Crippen molar-refractivity contribution >= 4 is 34.8 Å². The number of carbonyl (C=O) groups excluding carboxylic acids is 3. The highest BCUT2D eigenvalue weighted by Gasteiger charge is 2.40. The first-order chi connectivity index (χ1) is 16.5. The van der Waals surface area contributed by atoms with Gasteiger partial charge in [-0.05, 0) is 11.6 Å². The number of carbonyl (C=O) groups is 3. The number of piperazine rings is 1. The number of benzene rings is 2. The fourth-order valence-corrected chi connectivity index (χ4v) is 4.27. The Balaban J connectivity index is 1.22. The first kappa shape index (κ1) is 21.8. The molecular formula is C25H22FN5O3. The van der Waals surface area contributed by atoms with Gasteiger partial charge in [0.1, 0.15) is 18.1 Å². The van der Waals surface area contributed by atoms with Crippen molar-refractivity contribution in [2.24, 2.45) is 9.98 Å². The SMILES string of the molecule is O=C(CN1C(=O)N=C2C(c3ccccc3F)=CN=C2C1=O)N1CCN(Cc2ccccc2)CC1. The van der Waals surface area contributed by atoms with Crippen LogP contribution in [0.15, 0.2) is 70.8 Å². The number of fused-ring (bicyclic) bond motifs is 1. The summed E-state index contributed by atoms with van der Waals surface area (Å²) in [5.41, 5.74) is 1.67. The second-order valence-corrected chi connectivity index (χ2v) is 8.28. The monoisotopic (exact) mass is 459 g/mol. The van der Waals surface area contributed by atoms with Crippen molar-refractivity contribution < 1.29 is 18.8 Å². The molecule has 0 unspecified atom stereocenters. The molecule has 0 atom stereocenters. The highest BCUT2D eigenvalue weighted by atomic mass is 19.1. The van der Waals surface area contributed by atoms with E-state index in [1.165, 1.54) is 23.9 Å². The molecule has 3 aliphatic heterocycles. The van der Waals surface area contributed by atoms with E-state index in [0.29, 0.717) is 26.2 Å². The molecule has 3 aliphatic rings. The summed E-state index contributed by atoms with van der Waals surface area (Å²) in [5.74, 6) is -1.52. The van der Waals surface area contributed by atoms with Crippen LogP contribution in [0.25, 0.3) is 5.57 Å². The summed E-state index contributed by atoms with van der Waals surface area (Å²) in [5, 5.41) is 0. The molecule has 34 heavy (non-hydrogen) atoms. The second-order valence-electron chi connectivity index (χ2n) is 8.28. The van der Waals surface area contributed by atoms with E-state index in [-0.39, 0.29) is 28.5 Å². The van der Waals surface area contributed by atoms with Crippen LogP contribution in [0.2, 0.25) is 0 Å². The summed E-state index contributed by atoms with van der Waals surface area (Å²) in [7, 11) is 0. The number of amides is 4. The predicted octanol–water partition coefficient (Wildman–Crippen LogP) is 2.37. The quantitative estimate of drug-likeness (QED) is 0.687. The fourth-order valence-electron chi connectivity index (χ4n) is 4.27. The van der Waals surface area contributed by atoms with Crippen molar-refractivity contribution in [1.29, 1.82) is 0 Å². The van der Waals surface area contributed by atoms with Crippen LogP contribution in [0.4, 0.5) is 9.18 Å². The van der Waals surface area contributed by atoms with Crippen LogP contribution in [0.3, 0.4) is 0 Å². The Labute approximate surface area is 195 Å². The van der Waals surface area contributed by atoms with E-state index in [0.717, 1.165) is 11.4 Å². The normalized spacial score (nSPS) is 18.4. The molecule has 8 nitrogen and oxygen atoms in total. The number of urea groups is 1. The maximum Gasteiger partial charge on any atom is 0.351 e. The highest BCUT2D eigenvalue weighted by Crippen LogP contribution is 2.27. The van der Waals surface area contributed by atoms with Gasteiger partial charge in [0.15, 0.2) is 5.71 Å². The lowest BCUT2D eigenvalue weighted by molar-refractivity contribution is -0.137. The molecule has 0 saturated carbocycles. The highest BCUT2D eigenvalue weighted by molar-refractivity contribution is 6.78. The molecule has 1 fully saturated rings. The summed E-state index contributed by atoms with van der Waals surface area (Å²) in [4.78, 5) is 51.2. The van der Waals surface area contributed by atoms with Gasteiger partial charge in [0, 0.05) is 50.1 Å². The van der Waals surface area contributed by atoms with E-state index in [4.69, 9.17) is 0 Å². The second kappa shape index (κ2) is 9.11. The van der Waals surface area contributed by atoms with Gasteiger partial charge < -0.3 is 4.90 Å². The van der Waals surface area contributed by atoms with Gasteiger partial charge in [-0.3, -0.25) is 14.5 Å². The number of hydrogen-bond donors (Lipinski definition) is 0. The van der Waals surface area contributed by atoms with Crippen molar-refractivity contribution in [3.05, 3.63) is 77.7 Å². The van der Waals surface area contributed by atoms with Gasteiger partial charge in [-0.25, -0.2) is 19.1 Å². The Bertz CT molecular complexity index is 1250. The molecule has 0 aliphatic carbocycles. The smallest absolute Gasteiger partial charge is 0.339 e. The average molecular weight is 459 g/mol. The van der Waals surface area contributed by atoms with E-state index in [2.05, 4.69) is 27.0 Å². The molecule has 2 aromatic rings. The van der Waals surface area contributed by atoms with Crippen LogP contribution < -0.4 is 0 Å². The van der Waals surface area contributed by atoms with Gasteiger partial charge in [-0.1, -0.05) is 48.5 Å². The van der Waals surface area contributed by atoms with Crippen LogP contribution in [-0.2, 0) is 16.1 Å². The third kappa shape index (κ3) is 4.17. The number of hydrogen-bond acceptors (Lipinski definition) is 5. The van der Waals surface area contributed by atoms with Crippen molar-refractivity contribution in [2.45, 2.75) is 6.54 Å². The summed E-state index contributed by atoms with van der Waals surface area (Å²) in [6.45, 7) is 2.83. The summed E-state index contributed by atoms with van der Waals surface area (Å²) >= 11 is 0. The Kier molecular flexibility index (Phi) is 5.85. The third-order valence-corrected chi connectivity index (χ3v) is 6.12. The van der Waals surface area contributed by atoms with E-state index >= 15 is 0 Å². The molecule has 5 rings (SSSR count). The van der Waals surface area contributed by atoms with E-state index < -0.39 is 24.3 Å². The predicted molar refractivity (Wildman–Crippen MR) is 125 cm³/mol. The average Bonchev–Trinajstić information content (AvgIpc) is 3.26. The Morgan fingerprint density at radius 1 is 0.912 bits per heavy atom. The van der Waals surface area contributed by atoms with Gasteiger partial charge in [0.25, 0.3) is 5.91 Å². The van der Waals surface area contributed by atoms with Gasteiger partial charge >= 0.3 is 6.03 Å². The number of nitrogens with zero attached hydrogens (tertiary/aromatic N) is 5. The van der Waals surface area contributed by atoms with Crippen LogP contribution in [0.5, 0.6) is 0 Å². The lowest BCUT2D eigenvalue weighted by Crippen LogP contribution is -2.54. The van der Waals surface area contributed by atoms with Gasteiger partial charge in [0.05, 0.1) is 0 Å². The number of rotatable bonds is 5. The van der Waals surface area contributed by atoms with Crippen molar-refractivity contribution in [3.8, 4) is 0 Å². The van der Waals surface area contributed by atoms with Gasteiger partial charge in [-0.15, -0.1) is 0 Å². The summed E-state index contributed by atoms with van der Waals surface area (Å²) in [6.07, 6.45) is 1.33. The van der Waals surface area contributed by atoms with Crippen LogP contribution in [0.1, 0.15) is 11.1 Å². The van der Waals surface area contributed by atoms with Crippen LogP contribution in [0, 0.1) is 5.82 Å². The number of halogens is 1. The van der Waals surface area contributed by atoms with Crippen LogP contribution >= 0.6 is 0 Å². The number of allylic oxidation sites excluding steroid dienone is 1. The topological polar surface area (TPSA) is 85.6 Å². The zero-order valence-electron chi connectivity index (χ0n) is 18.4. The molecule has 0 aromatic heterocycles. The minimum atomic E-state index is -0.848. The fraction of sp³-hybridized carbons (Fsp3) is 0.240. The third-order valence-electron chi connectivity index (χ3n) is 6.12. The molecule has 9 heteroatoms. The van der Waals surface area contributed by atoms with Gasteiger partial charge in [-0.2, -0.15) is 4.99 Å². The molecule has 4 amide bonds. The maximum atomic E-state index is 14.2. The maximum absolute atomic E-state index is 14.2. The van der Waals surface area contributed by atoms with E-state index in [9.17, 15) is 18.8 Å². The first-order valence-corrected chi connectivity index (χ1v) is 11.0. The van der Waals surface area contributed by atoms with E-state index in [1.54, 1.807) is 17.0 Å².